The van der Waals surface area contributed by atoms with Crippen molar-refractivity contribution in [2.75, 3.05) is 26.3 Å². The molecule has 0 aromatic heterocycles. The Bertz CT molecular complexity index is 188. The molecule has 1 atom stereocenters. The number of hydrogen-bond acceptors (Lipinski definition) is 4. The van der Waals surface area contributed by atoms with Crippen LogP contribution >= 0.6 is 0 Å². The zero-order chi connectivity index (χ0) is 11.1. The lowest BCUT2D eigenvalue weighted by molar-refractivity contribution is -0.152. The first-order valence-electron chi connectivity index (χ1n) is 5.66. The van der Waals surface area contributed by atoms with Gasteiger partial charge in [0.15, 0.2) is 0 Å². The van der Waals surface area contributed by atoms with E-state index < -0.39 is 0 Å². The lowest BCUT2D eigenvalue weighted by Crippen LogP contribution is -2.18. The Kier molecular flexibility index (Phi) is 5.65. The molecule has 0 spiro atoms. The number of carbonyl (C=O) groups excluding carboxylic acids is 1. The third-order valence-electron chi connectivity index (χ3n) is 2.42. The molecule has 0 saturated carbocycles. The highest BCUT2D eigenvalue weighted by Crippen LogP contribution is 2.11. The molecule has 1 unspecified atom stereocenters. The summed E-state index contributed by atoms with van der Waals surface area (Å²) in [5.74, 6) is 0.445. The van der Waals surface area contributed by atoms with Crippen molar-refractivity contribution in [1.29, 1.82) is 0 Å². The molecular weight excluding hydrogens is 194 g/mol. The topological polar surface area (TPSA) is 47.6 Å². The van der Waals surface area contributed by atoms with Crippen molar-refractivity contribution in [2.45, 2.75) is 32.8 Å². The Labute approximate surface area is 91.3 Å². The number of rotatable bonds is 6. The highest BCUT2D eigenvalue weighted by Gasteiger charge is 2.14. The fourth-order valence-electron chi connectivity index (χ4n) is 1.66. The first-order chi connectivity index (χ1) is 7.18. The van der Waals surface area contributed by atoms with Gasteiger partial charge in [-0.05, 0) is 45.7 Å². The monoisotopic (exact) mass is 215 g/mol. The lowest BCUT2D eigenvalue weighted by atomic mass is 10.1. The maximum atomic E-state index is 11.1. The second-order valence-corrected chi connectivity index (χ2v) is 4.24. The number of ether oxygens (including phenoxy) is 2. The molecule has 0 aliphatic carbocycles. The van der Waals surface area contributed by atoms with Crippen molar-refractivity contribution in [2.24, 2.45) is 5.92 Å². The predicted molar refractivity (Wildman–Crippen MR) is 57.6 cm³/mol. The van der Waals surface area contributed by atoms with Gasteiger partial charge in [-0.15, -0.1) is 0 Å². The quantitative estimate of drug-likeness (QED) is 0.529. The summed E-state index contributed by atoms with van der Waals surface area (Å²) in [4.78, 5) is 11.1. The van der Waals surface area contributed by atoms with E-state index in [0.717, 1.165) is 19.5 Å². The Morgan fingerprint density at radius 3 is 2.93 bits per heavy atom. The summed E-state index contributed by atoms with van der Waals surface area (Å²) in [6, 6.07) is 0. The van der Waals surface area contributed by atoms with Crippen LogP contribution in [0.3, 0.4) is 0 Å². The predicted octanol–water partition coefficient (Wildman–Crippen LogP) is 0.954. The Balaban J connectivity index is 1.94. The van der Waals surface area contributed by atoms with Crippen LogP contribution in [-0.2, 0) is 14.3 Å². The second-order valence-electron chi connectivity index (χ2n) is 4.24. The van der Waals surface area contributed by atoms with E-state index in [1.807, 2.05) is 13.8 Å². The van der Waals surface area contributed by atoms with E-state index in [1.165, 1.54) is 6.42 Å². The van der Waals surface area contributed by atoms with E-state index in [1.54, 1.807) is 0 Å². The standard InChI is InChI=1S/C11H21NO3/c1-9(2)15-11(13)8-14-6-4-10-3-5-12-7-10/h9-10,12H,3-8H2,1-2H3. The van der Waals surface area contributed by atoms with Gasteiger partial charge in [-0.25, -0.2) is 4.79 Å². The second kappa shape index (κ2) is 6.80. The van der Waals surface area contributed by atoms with Crippen molar-refractivity contribution in [3.05, 3.63) is 0 Å². The molecule has 1 aliphatic rings. The van der Waals surface area contributed by atoms with Crippen LogP contribution in [0.4, 0.5) is 0 Å². The van der Waals surface area contributed by atoms with E-state index in [9.17, 15) is 4.79 Å². The smallest absolute Gasteiger partial charge is 0.332 e. The third kappa shape index (κ3) is 5.74. The molecule has 4 heteroatoms. The molecule has 1 heterocycles. The summed E-state index contributed by atoms with van der Waals surface area (Å²) >= 11 is 0. The zero-order valence-corrected chi connectivity index (χ0v) is 9.62. The zero-order valence-electron chi connectivity index (χ0n) is 9.62. The van der Waals surface area contributed by atoms with Crippen molar-refractivity contribution in [3.8, 4) is 0 Å². The van der Waals surface area contributed by atoms with E-state index in [-0.39, 0.29) is 18.7 Å². The van der Waals surface area contributed by atoms with Crippen molar-refractivity contribution >= 4 is 5.97 Å². The van der Waals surface area contributed by atoms with Crippen molar-refractivity contribution < 1.29 is 14.3 Å². The minimum atomic E-state index is -0.269. The van der Waals surface area contributed by atoms with E-state index >= 15 is 0 Å². The maximum Gasteiger partial charge on any atom is 0.332 e. The summed E-state index contributed by atoms with van der Waals surface area (Å²) in [6.45, 7) is 6.60. The SMILES string of the molecule is CC(C)OC(=O)COCCC1CCNC1. The molecule has 88 valence electrons. The van der Waals surface area contributed by atoms with Crippen LogP contribution in [0.2, 0.25) is 0 Å². The van der Waals surface area contributed by atoms with Gasteiger partial charge in [-0.2, -0.15) is 0 Å². The van der Waals surface area contributed by atoms with E-state index in [4.69, 9.17) is 9.47 Å². The molecule has 1 saturated heterocycles. The average molecular weight is 215 g/mol. The van der Waals surface area contributed by atoms with Crippen LogP contribution in [0.15, 0.2) is 0 Å². The minimum Gasteiger partial charge on any atom is -0.461 e. The van der Waals surface area contributed by atoms with Crippen LogP contribution < -0.4 is 5.32 Å². The molecule has 0 amide bonds. The van der Waals surface area contributed by atoms with Gasteiger partial charge in [0.2, 0.25) is 0 Å². The summed E-state index contributed by atoms with van der Waals surface area (Å²) in [5, 5.41) is 3.30. The number of nitrogens with one attached hydrogen (secondary N) is 1. The van der Waals surface area contributed by atoms with Crippen LogP contribution in [0.1, 0.15) is 26.7 Å². The molecule has 0 radical (unpaired) electrons. The molecule has 1 aliphatic heterocycles. The highest BCUT2D eigenvalue weighted by molar-refractivity contribution is 5.70. The third-order valence-corrected chi connectivity index (χ3v) is 2.42. The molecular formula is C11H21NO3. The number of carbonyl (C=O) groups is 1. The molecule has 1 N–H and O–H groups in total. The average Bonchev–Trinajstić information content (AvgIpc) is 2.63. The molecule has 1 fully saturated rings. The van der Waals surface area contributed by atoms with Gasteiger partial charge in [0, 0.05) is 6.61 Å². The van der Waals surface area contributed by atoms with Gasteiger partial charge in [0.25, 0.3) is 0 Å². The van der Waals surface area contributed by atoms with Crippen LogP contribution in [0.5, 0.6) is 0 Å². The Morgan fingerprint density at radius 2 is 2.33 bits per heavy atom. The van der Waals surface area contributed by atoms with Gasteiger partial charge in [0.1, 0.15) is 6.61 Å². The molecule has 0 aromatic rings. The maximum absolute atomic E-state index is 11.1. The number of hydrogen-bond donors (Lipinski definition) is 1. The molecule has 0 aromatic carbocycles. The Hall–Kier alpha value is -0.610. The first kappa shape index (κ1) is 12.5. The first-order valence-corrected chi connectivity index (χ1v) is 5.66. The van der Waals surface area contributed by atoms with Crippen molar-refractivity contribution in [1.82, 2.24) is 5.32 Å². The van der Waals surface area contributed by atoms with Crippen LogP contribution in [0.25, 0.3) is 0 Å². The summed E-state index contributed by atoms with van der Waals surface area (Å²) in [5.41, 5.74) is 0. The summed E-state index contributed by atoms with van der Waals surface area (Å²) in [7, 11) is 0. The normalized spacial score (nSPS) is 20.9. The molecule has 1 rings (SSSR count). The molecule has 15 heavy (non-hydrogen) atoms. The minimum absolute atomic E-state index is 0.0554. The van der Waals surface area contributed by atoms with Crippen LogP contribution in [0, 0.1) is 5.92 Å². The summed E-state index contributed by atoms with van der Waals surface area (Å²) in [6.07, 6.45) is 2.20. The molecule has 4 nitrogen and oxygen atoms in total. The van der Waals surface area contributed by atoms with E-state index in [0.29, 0.717) is 12.5 Å². The lowest BCUT2D eigenvalue weighted by Gasteiger charge is -2.10. The number of esters is 1. The highest BCUT2D eigenvalue weighted by atomic mass is 16.6. The fraction of sp³-hybridized carbons (Fsp3) is 0.909. The van der Waals surface area contributed by atoms with Gasteiger partial charge < -0.3 is 14.8 Å². The fourth-order valence-corrected chi connectivity index (χ4v) is 1.66. The van der Waals surface area contributed by atoms with Crippen LogP contribution in [-0.4, -0.2) is 38.4 Å². The Morgan fingerprint density at radius 1 is 1.53 bits per heavy atom. The van der Waals surface area contributed by atoms with Gasteiger partial charge in [-0.1, -0.05) is 0 Å². The van der Waals surface area contributed by atoms with E-state index in [2.05, 4.69) is 5.32 Å². The largest absolute Gasteiger partial charge is 0.461 e. The molecule has 0 bridgehead atoms. The van der Waals surface area contributed by atoms with Gasteiger partial charge in [-0.3, -0.25) is 0 Å². The van der Waals surface area contributed by atoms with Crippen molar-refractivity contribution in [3.63, 3.8) is 0 Å². The van der Waals surface area contributed by atoms with Gasteiger partial charge >= 0.3 is 5.97 Å². The summed E-state index contributed by atoms with van der Waals surface area (Å²) < 4.78 is 10.2. The van der Waals surface area contributed by atoms with Gasteiger partial charge in [0.05, 0.1) is 6.10 Å².